The molecule has 5 aliphatic carbocycles. The maximum atomic E-state index is 13.1. The Morgan fingerprint density at radius 1 is 0.848 bits per heavy atom. The first-order chi connectivity index (χ1) is 15.3. The van der Waals surface area contributed by atoms with Gasteiger partial charge in [0.2, 0.25) is 0 Å². The Morgan fingerprint density at radius 2 is 1.55 bits per heavy atom. The van der Waals surface area contributed by atoms with E-state index in [4.69, 9.17) is 0 Å². The summed E-state index contributed by atoms with van der Waals surface area (Å²) in [6, 6.07) is 0. The van der Waals surface area contributed by atoms with Gasteiger partial charge in [0.05, 0.1) is 6.10 Å². The van der Waals surface area contributed by atoms with Crippen LogP contribution in [0.1, 0.15) is 106 Å². The van der Waals surface area contributed by atoms with Gasteiger partial charge >= 0.3 is 0 Å². The topological polar surface area (TPSA) is 37.3 Å². The van der Waals surface area contributed by atoms with E-state index >= 15 is 0 Å². The van der Waals surface area contributed by atoms with Crippen LogP contribution in [0.3, 0.4) is 0 Å². The van der Waals surface area contributed by atoms with E-state index < -0.39 is 0 Å². The van der Waals surface area contributed by atoms with Gasteiger partial charge in [-0.25, -0.2) is 0 Å². The van der Waals surface area contributed by atoms with Crippen molar-refractivity contribution >= 4 is 17.7 Å². The van der Waals surface area contributed by atoms with Crippen molar-refractivity contribution in [3.8, 4) is 0 Å². The van der Waals surface area contributed by atoms with E-state index in [0.29, 0.717) is 40.4 Å². The highest BCUT2D eigenvalue weighted by Gasteiger charge is 2.71. The SMILES string of the molecule is C=C(C)[C@@H]1CC[C@]2(C(=O)S)CC[C@]3(C)[C@H](CC[C@@H]4[C@@]5(C)CCC(O)C(C)(C)[C@@H]5CC[C@]43C)[C@@H]12. The number of thiol groups is 1. The molecule has 0 aliphatic heterocycles. The van der Waals surface area contributed by atoms with E-state index in [9.17, 15) is 9.90 Å². The highest BCUT2D eigenvalue weighted by Crippen LogP contribution is 2.77. The molecule has 3 heteroatoms. The van der Waals surface area contributed by atoms with E-state index in [1.807, 2.05) is 0 Å². The van der Waals surface area contributed by atoms with Gasteiger partial charge in [-0.15, -0.1) is 12.6 Å². The average Bonchev–Trinajstić information content (AvgIpc) is 3.13. The minimum Gasteiger partial charge on any atom is -0.393 e. The molecule has 10 atom stereocenters. The third-order valence-corrected chi connectivity index (χ3v) is 13.9. The predicted octanol–water partition coefficient (Wildman–Crippen LogP) is 7.46. The molecule has 1 unspecified atom stereocenters. The van der Waals surface area contributed by atoms with Crippen LogP contribution >= 0.6 is 12.6 Å². The summed E-state index contributed by atoms with van der Waals surface area (Å²) in [6.07, 6.45) is 11.3. The minimum absolute atomic E-state index is 0.00273. The van der Waals surface area contributed by atoms with Gasteiger partial charge in [-0.05, 0) is 122 Å². The monoisotopic (exact) mass is 472 g/mol. The zero-order valence-corrected chi connectivity index (χ0v) is 22.9. The van der Waals surface area contributed by atoms with Gasteiger partial charge in [-0.1, -0.05) is 46.8 Å². The molecular formula is C30H48O2S. The zero-order valence-electron chi connectivity index (χ0n) is 22.0. The number of aliphatic hydroxyl groups excluding tert-OH is 1. The summed E-state index contributed by atoms with van der Waals surface area (Å²) in [4.78, 5) is 13.1. The van der Waals surface area contributed by atoms with Gasteiger partial charge in [-0.3, -0.25) is 4.79 Å². The van der Waals surface area contributed by atoms with E-state index in [1.165, 1.54) is 44.1 Å². The van der Waals surface area contributed by atoms with Crippen LogP contribution in [0.25, 0.3) is 0 Å². The van der Waals surface area contributed by atoms with Crippen molar-refractivity contribution in [3.05, 3.63) is 12.2 Å². The quantitative estimate of drug-likeness (QED) is 0.323. The smallest absolute Gasteiger partial charge is 0.192 e. The second-order valence-corrected chi connectivity index (χ2v) is 14.9. The highest BCUT2D eigenvalue weighted by molar-refractivity contribution is 7.96. The Morgan fingerprint density at radius 3 is 2.18 bits per heavy atom. The first-order valence-electron chi connectivity index (χ1n) is 13.8. The zero-order chi connectivity index (χ0) is 24.2. The van der Waals surface area contributed by atoms with Crippen LogP contribution < -0.4 is 0 Å². The summed E-state index contributed by atoms with van der Waals surface area (Å²) >= 11 is 4.52. The second-order valence-electron chi connectivity index (χ2n) is 14.5. The maximum absolute atomic E-state index is 13.1. The lowest BCUT2D eigenvalue weighted by atomic mass is 9.32. The largest absolute Gasteiger partial charge is 0.393 e. The van der Waals surface area contributed by atoms with Crippen molar-refractivity contribution in [2.45, 2.75) is 112 Å². The number of fused-ring (bicyclic) bond motifs is 7. The third kappa shape index (κ3) is 2.87. The molecule has 0 amide bonds. The van der Waals surface area contributed by atoms with Gasteiger partial charge in [-0.2, -0.15) is 0 Å². The number of aliphatic hydroxyl groups is 1. The van der Waals surface area contributed by atoms with Crippen molar-refractivity contribution in [1.82, 2.24) is 0 Å². The molecule has 5 aliphatic rings. The first kappa shape index (κ1) is 24.4. The molecule has 1 N–H and O–H groups in total. The van der Waals surface area contributed by atoms with Crippen molar-refractivity contribution in [1.29, 1.82) is 0 Å². The fourth-order valence-corrected chi connectivity index (χ4v) is 11.9. The molecule has 5 rings (SSSR count). The summed E-state index contributed by atoms with van der Waals surface area (Å²) in [5, 5.41) is 11.1. The van der Waals surface area contributed by atoms with Crippen molar-refractivity contribution in [2.75, 3.05) is 0 Å². The molecule has 0 saturated heterocycles. The summed E-state index contributed by atoms with van der Waals surface area (Å²) in [5.74, 6) is 2.80. The van der Waals surface area contributed by atoms with Crippen LogP contribution in [0.15, 0.2) is 12.2 Å². The second kappa shape index (κ2) is 7.37. The van der Waals surface area contributed by atoms with Crippen LogP contribution in [0, 0.1) is 56.7 Å². The van der Waals surface area contributed by atoms with Crippen molar-refractivity contribution in [2.24, 2.45) is 56.7 Å². The van der Waals surface area contributed by atoms with Gasteiger partial charge in [0.15, 0.2) is 5.12 Å². The van der Waals surface area contributed by atoms with E-state index in [-0.39, 0.29) is 27.5 Å². The molecule has 0 aromatic carbocycles. The van der Waals surface area contributed by atoms with Crippen LogP contribution in [0.4, 0.5) is 0 Å². The number of hydrogen-bond donors (Lipinski definition) is 2. The Bertz CT molecular complexity index is 863. The van der Waals surface area contributed by atoms with Gasteiger partial charge in [0.25, 0.3) is 0 Å². The molecule has 5 saturated carbocycles. The fraction of sp³-hybridized carbons (Fsp3) is 0.900. The number of carbonyl (C=O) groups excluding carboxylic acids is 1. The van der Waals surface area contributed by atoms with Gasteiger partial charge in [0, 0.05) is 5.41 Å². The summed E-state index contributed by atoms with van der Waals surface area (Å²) in [7, 11) is 0. The lowest BCUT2D eigenvalue weighted by molar-refractivity contribution is -0.245. The summed E-state index contributed by atoms with van der Waals surface area (Å²) in [5.41, 5.74) is 1.93. The molecule has 0 spiro atoms. The van der Waals surface area contributed by atoms with Crippen molar-refractivity contribution in [3.63, 3.8) is 0 Å². The molecule has 2 nitrogen and oxygen atoms in total. The molecule has 0 bridgehead atoms. The lowest BCUT2D eigenvalue weighted by Crippen LogP contribution is -2.67. The van der Waals surface area contributed by atoms with E-state index in [0.717, 1.165) is 25.7 Å². The Hall–Kier alpha value is -0.280. The molecule has 0 aromatic rings. The van der Waals surface area contributed by atoms with Crippen LogP contribution in [0.5, 0.6) is 0 Å². The summed E-state index contributed by atoms with van der Waals surface area (Å²) < 4.78 is 0. The highest BCUT2D eigenvalue weighted by atomic mass is 32.1. The van der Waals surface area contributed by atoms with Crippen LogP contribution in [-0.4, -0.2) is 16.3 Å². The molecule has 186 valence electrons. The molecule has 5 fully saturated rings. The number of allylic oxidation sites excluding steroid dienone is 1. The predicted molar refractivity (Wildman–Crippen MR) is 139 cm³/mol. The molecule has 0 radical (unpaired) electrons. The fourth-order valence-electron chi connectivity index (χ4n) is 11.5. The van der Waals surface area contributed by atoms with Crippen LogP contribution in [-0.2, 0) is 4.79 Å². The lowest BCUT2D eigenvalue weighted by Gasteiger charge is -2.72. The number of hydrogen-bond acceptors (Lipinski definition) is 2. The van der Waals surface area contributed by atoms with Crippen LogP contribution in [0.2, 0.25) is 0 Å². The number of carbonyl (C=O) groups is 1. The molecular weight excluding hydrogens is 424 g/mol. The van der Waals surface area contributed by atoms with Gasteiger partial charge in [0.1, 0.15) is 0 Å². The van der Waals surface area contributed by atoms with Crippen molar-refractivity contribution < 1.29 is 9.90 Å². The standard InChI is InChI=1S/C30H48O2S/c1-18(2)19-10-15-30(25(32)33)17-16-28(6)20(24(19)30)8-9-22-27(5)13-12-23(31)26(3,4)21(27)11-14-29(22,28)7/h19-24,31H,1,8-17H2,2-7H3,(H,32,33)/t19-,20+,21-,22+,23?,24+,27-,28+,29+,30-/m0/s1. The van der Waals surface area contributed by atoms with E-state index in [1.54, 1.807) is 0 Å². The Balaban J connectivity index is 1.57. The molecule has 0 aromatic heterocycles. The summed E-state index contributed by atoms with van der Waals surface area (Å²) in [6.45, 7) is 19.1. The Labute approximate surface area is 208 Å². The third-order valence-electron chi connectivity index (χ3n) is 13.5. The maximum Gasteiger partial charge on any atom is 0.192 e. The number of rotatable bonds is 2. The van der Waals surface area contributed by atoms with Gasteiger partial charge < -0.3 is 5.11 Å². The van der Waals surface area contributed by atoms with E-state index in [2.05, 4.69) is 60.8 Å². The minimum atomic E-state index is -0.224. The Kier molecular flexibility index (Phi) is 5.45. The first-order valence-corrected chi connectivity index (χ1v) is 14.3. The molecule has 0 heterocycles. The normalized spacial score (nSPS) is 55.0. The average molecular weight is 473 g/mol. The molecule has 33 heavy (non-hydrogen) atoms.